The zero-order valence-corrected chi connectivity index (χ0v) is 20.0. The highest BCUT2D eigenvalue weighted by molar-refractivity contribution is 5.51. The molecule has 2 aliphatic carbocycles. The molecular weight excluding hydrogens is 456 g/mol. The average Bonchev–Trinajstić information content (AvgIpc) is 3.59. The Morgan fingerprint density at radius 3 is 2.49 bits per heavy atom. The second-order valence-electron chi connectivity index (χ2n) is 10.4. The highest BCUT2D eigenvalue weighted by Crippen LogP contribution is 2.44. The van der Waals surface area contributed by atoms with Crippen molar-refractivity contribution < 1.29 is 17.9 Å². The number of halogens is 2. The molecule has 0 radical (unpaired) electrons. The van der Waals surface area contributed by atoms with E-state index in [0.29, 0.717) is 60.5 Å². The lowest BCUT2D eigenvalue weighted by Crippen LogP contribution is -2.28. The third-order valence-corrected chi connectivity index (χ3v) is 7.82. The van der Waals surface area contributed by atoms with Crippen molar-refractivity contribution in [1.82, 2.24) is 24.8 Å². The van der Waals surface area contributed by atoms with E-state index in [2.05, 4.69) is 15.2 Å². The second kappa shape index (κ2) is 8.43. The third kappa shape index (κ3) is 4.26. The van der Waals surface area contributed by atoms with Gasteiger partial charge in [-0.05, 0) is 64.4 Å². The molecule has 8 nitrogen and oxygen atoms in total. The van der Waals surface area contributed by atoms with Gasteiger partial charge in [-0.1, -0.05) is 0 Å². The van der Waals surface area contributed by atoms with Crippen LogP contribution in [0, 0.1) is 13.8 Å². The van der Waals surface area contributed by atoms with E-state index in [1.54, 1.807) is 13.8 Å². The van der Waals surface area contributed by atoms with Crippen molar-refractivity contribution in [3.8, 4) is 0 Å². The van der Waals surface area contributed by atoms with E-state index in [9.17, 15) is 13.6 Å². The molecule has 0 N–H and O–H groups in total. The summed E-state index contributed by atoms with van der Waals surface area (Å²) in [4.78, 5) is 17.8. The summed E-state index contributed by atoms with van der Waals surface area (Å²) in [7, 11) is 0. The summed E-state index contributed by atoms with van der Waals surface area (Å²) in [5, 5.41) is 13.1. The van der Waals surface area contributed by atoms with Gasteiger partial charge >= 0.3 is 0 Å². The molecule has 0 amide bonds. The summed E-state index contributed by atoms with van der Waals surface area (Å²) in [6.45, 7) is 4.04. The molecule has 3 aromatic rings. The Hall–Kier alpha value is -2.75. The lowest BCUT2D eigenvalue weighted by molar-refractivity contribution is -0.0382. The Kier molecular flexibility index (Phi) is 5.47. The van der Waals surface area contributed by atoms with Gasteiger partial charge in [-0.15, -0.1) is 10.2 Å². The maximum Gasteiger partial charge on any atom is 0.277 e. The van der Waals surface area contributed by atoms with Gasteiger partial charge in [0.1, 0.15) is 6.10 Å². The second-order valence-corrected chi connectivity index (χ2v) is 10.4. The van der Waals surface area contributed by atoms with Crippen LogP contribution in [0.2, 0.25) is 0 Å². The fraction of sp³-hybridized carbons (Fsp3) is 0.640. The molecule has 186 valence electrons. The van der Waals surface area contributed by atoms with Crippen LogP contribution in [0.3, 0.4) is 0 Å². The van der Waals surface area contributed by atoms with Gasteiger partial charge in [-0.2, -0.15) is 9.61 Å². The Morgan fingerprint density at radius 1 is 1.00 bits per heavy atom. The lowest BCUT2D eigenvalue weighted by Gasteiger charge is -2.30. The van der Waals surface area contributed by atoms with Crippen LogP contribution in [0.25, 0.3) is 5.65 Å². The van der Waals surface area contributed by atoms with E-state index in [1.807, 2.05) is 6.07 Å². The van der Waals surface area contributed by atoms with E-state index in [4.69, 9.17) is 14.3 Å². The number of ether oxygens (including phenoxy) is 1. The van der Waals surface area contributed by atoms with Crippen LogP contribution in [-0.2, 0) is 4.74 Å². The molecule has 0 spiro atoms. The number of rotatable bonds is 4. The number of fused-ring (bicyclic) bond motifs is 1. The van der Waals surface area contributed by atoms with Gasteiger partial charge in [0.2, 0.25) is 17.7 Å². The standard InChI is InChI=1S/C25H29F2N5O3/c1-13-14(2)28-21-18(15-5-8-25(26,27)9-6-15)12-19(31-32(21)24(13)33)17-7-10-34-20(11-17)23-30-29-22(35-23)16-3-4-16/h12,15-17,20H,3-11H2,1-2H3. The van der Waals surface area contributed by atoms with Gasteiger partial charge in [-0.25, -0.2) is 13.8 Å². The molecule has 6 rings (SSSR count). The number of hydrogen-bond acceptors (Lipinski definition) is 7. The molecule has 2 unspecified atom stereocenters. The summed E-state index contributed by atoms with van der Waals surface area (Å²) < 4.78 is 41.0. The van der Waals surface area contributed by atoms with Crippen LogP contribution in [0.4, 0.5) is 8.78 Å². The van der Waals surface area contributed by atoms with E-state index < -0.39 is 5.92 Å². The largest absolute Gasteiger partial charge is 0.422 e. The van der Waals surface area contributed by atoms with Crippen molar-refractivity contribution >= 4 is 5.65 Å². The van der Waals surface area contributed by atoms with Crippen molar-refractivity contribution in [2.75, 3.05) is 6.61 Å². The van der Waals surface area contributed by atoms with Crippen molar-refractivity contribution in [3.63, 3.8) is 0 Å². The summed E-state index contributed by atoms with van der Waals surface area (Å²) in [6.07, 6.45) is 3.55. The topological polar surface area (TPSA) is 95.4 Å². The predicted molar refractivity (Wildman–Crippen MR) is 122 cm³/mol. The Morgan fingerprint density at radius 2 is 1.74 bits per heavy atom. The van der Waals surface area contributed by atoms with Crippen molar-refractivity contribution in [1.29, 1.82) is 0 Å². The smallest absolute Gasteiger partial charge is 0.277 e. The minimum absolute atomic E-state index is 0.00622. The molecule has 1 saturated heterocycles. The van der Waals surface area contributed by atoms with Crippen LogP contribution in [0.5, 0.6) is 0 Å². The number of aryl methyl sites for hydroxylation is 1. The van der Waals surface area contributed by atoms with Crippen molar-refractivity contribution in [3.05, 3.63) is 50.7 Å². The Bertz CT molecular complexity index is 1320. The molecule has 4 heterocycles. The number of aromatic nitrogens is 5. The molecule has 3 fully saturated rings. The van der Waals surface area contributed by atoms with Crippen molar-refractivity contribution in [2.24, 2.45) is 0 Å². The third-order valence-electron chi connectivity index (χ3n) is 7.82. The minimum Gasteiger partial charge on any atom is -0.422 e. The van der Waals surface area contributed by atoms with Crippen LogP contribution in [0.15, 0.2) is 15.3 Å². The summed E-state index contributed by atoms with van der Waals surface area (Å²) in [5.41, 5.74) is 3.03. The fourth-order valence-corrected chi connectivity index (χ4v) is 5.31. The molecule has 35 heavy (non-hydrogen) atoms. The van der Waals surface area contributed by atoms with Gasteiger partial charge < -0.3 is 9.15 Å². The lowest BCUT2D eigenvalue weighted by atomic mass is 9.81. The molecule has 2 saturated carbocycles. The van der Waals surface area contributed by atoms with E-state index in [-0.39, 0.29) is 36.3 Å². The van der Waals surface area contributed by atoms with E-state index in [0.717, 1.165) is 30.5 Å². The summed E-state index contributed by atoms with van der Waals surface area (Å²) in [6, 6.07) is 1.99. The van der Waals surface area contributed by atoms with Crippen molar-refractivity contribution in [2.45, 2.75) is 95.0 Å². The Labute approximate surface area is 201 Å². The average molecular weight is 486 g/mol. The fourth-order valence-electron chi connectivity index (χ4n) is 5.31. The number of alkyl halides is 2. The maximum absolute atomic E-state index is 13.9. The molecule has 3 aromatic heterocycles. The highest BCUT2D eigenvalue weighted by atomic mass is 19.3. The van der Waals surface area contributed by atoms with Gasteiger partial charge in [0, 0.05) is 48.1 Å². The van der Waals surface area contributed by atoms with Crippen LogP contribution in [-0.4, -0.2) is 37.3 Å². The Balaban J connectivity index is 1.37. The van der Waals surface area contributed by atoms with E-state index in [1.165, 1.54) is 4.52 Å². The zero-order chi connectivity index (χ0) is 24.3. The minimum atomic E-state index is -2.63. The summed E-state index contributed by atoms with van der Waals surface area (Å²) in [5.74, 6) is -1.18. The molecular formula is C25H29F2N5O3. The first kappa shape index (κ1) is 22.7. The molecule has 2 atom stereocenters. The van der Waals surface area contributed by atoms with Gasteiger partial charge in [0.25, 0.3) is 5.56 Å². The molecule has 3 aliphatic rings. The molecule has 10 heteroatoms. The monoisotopic (exact) mass is 485 g/mol. The molecule has 1 aliphatic heterocycles. The van der Waals surface area contributed by atoms with Crippen LogP contribution in [0.1, 0.15) is 110 Å². The van der Waals surface area contributed by atoms with Crippen LogP contribution < -0.4 is 5.56 Å². The highest BCUT2D eigenvalue weighted by Gasteiger charge is 2.38. The quantitative estimate of drug-likeness (QED) is 0.519. The first-order valence-corrected chi connectivity index (χ1v) is 12.5. The summed E-state index contributed by atoms with van der Waals surface area (Å²) >= 11 is 0. The predicted octanol–water partition coefficient (Wildman–Crippen LogP) is 4.89. The molecule has 0 aromatic carbocycles. The van der Waals surface area contributed by atoms with E-state index >= 15 is 0 Å². The first-order chi connectivity index (χ1) is 16.8. The number of nitrogens with zero attached hydrogens (tertiary/aromatic N) is 5. The van der Waals surface area contributed by atoms with Gasteiger partial charge in [-0.3, -0.25) is 4.79 Å². The first-order valence-electron chi connectivity index (χ1n) is 12.5. The zero-order valence-electron chi connectivity index (χ0n) is 20.0. The van der Waals surface area contributed by atoms with Crippen LogP contribution >= 0.6 is 0 Å². The van der Waals surface area contributed by atoms with Gasteiger partial charge in [0.15, 0.2) is 5.65 Å². The number of hydrogen-bond donors (Lipinski definition) is 0. The maximum atomic E-state index is 13.9. The SMILES string of the molecule is Cc1nc2c(C3CCC(F)(F)CC3)cc(C3CCOC(c4nnc(C5CC5)o4)C3)nn2c(=O)c1C. The van der Waals surface area contributed by atoms with Gasteiger partial charge in [0.05, 0.1) is 5.69 Å². The molecule has 0 bridgehead atoms. The normalized spacial score (nSPS) is 25.3.